The van der Waals surface area contributed by atoms with Gasteiger partial charge >= 0.3 is 0 Å². The fourth-order valence-corrected chi connectivity index (χ4v) is 2.31. The number of hydrogen-bond acceptors (Lipinski definition) is 4. The molecule has 0 fully saturated rings. The highest BCUT2D eigenvalue weighted by molar-refractivity contribution is 5.94. The second-order valence-electron chi connectivity index (χ2n) is 5.31. The van der Waals surface area contributed by atoms with Crippen LogP contribution in [0.4, 0.5) is 5.95 Å². The third-order valence-corrected chi connectivity index (χ3v) is 3.69. The van der Waals surface area contributed by atoms with E-state index in [9.17, 15) is 9.59 Å². The molecule has 2 N–H and O–H groups in total. The van der Waals surface area contributed by atoms with E-state index in [1.165, 1.54) is 10.9 Å². The first-order chi connectivity index (χ1) is 9.49. The van der Waals surface area contributed by atoms with Crippen LogP contribution in [0.1, 0.15) is 19.8 Å². The van der Waals surface area contributed by atoms with E-state index in [-0.39, 0.29) is 17.4 Å². The van der Waals surface area contributed by atoms with Crippen molar-refractivity contribution in [1.82, 2.24) is 19.7 Å². The van der Waals surface area contributed by atoms with Crippen LogP contribution in [0.3, 0.4) is 0 Å². The average Bonchev–Trinajstić information content (AvgIpc) is 2.98. The fourth-order valence-electron chi connectivity index (χ4n) is 2.31. The minimum atomic E-state index is -0.472. The first-order valence-electron chi connectivity index (χ1n) is 6.38. The Labute approximate surface area is 114 Å². The first kappa shape index (κ1) is 12.6. The van der Waals surface area contributed by atoms with Crippen LogP contribution < -0.4 is 10.9 Å². The number of H-pyrrole nitrogens is 1. The van der Waals surface area contributed by atoms with Crippen molar-refractivity contribution >= 4 is 22.9 Å². The van der Waals surface area contributed by atoms with Gasteiger partial charge in [0, 0.05) is 7.05 Å². The summed E-state index contributed by atoms with van der Waals surface area (Å²) in [5.74, 6) is 0.0105. The van der Waals surface area contributed by atoms with Gasteiger partial charge in [-0.25, -0.2) is 0 Å². The average molecular weight is 273 g/mol. The topological polar surface area (TPSA) is 92.7 Å². The zero-order valence-corrected chi connectivity index (χ0v) is 11.3. The minimum Gasteiger partial charge on any atom is -0.296 e. The summed E-state index contributed by atoms with van der Waals surface area (Å²) >= 11 is 0. The first-order valence-corrected chi connectivity index (χ1v) is 6.38. The van der Waals surface area contributed by atoms with Gasteiger partial charge in [-0.2, -0.15) is 10.1 Å². The van der Waals surface area contributed by atoms with Crippen molar-refractivity contribution in [3.8, 4) is 0 Å². The third kappa shape index (κ3) is 1.91. The van der Waals surface area contributed by atoms with E-state index in [1.807, 2.05) is 19.1 Å². The molecule has 0 atom stereocenters. The minimum absolute atomic E-state index is 0.146. The maximum Gasteiger partial charge on any atom is 0.263 e. The molecule has 20 heavy (non-hydrogen) atoms. The summed E-state index contributed by atoms with van der Waals surface area (Å²) in [6, 6.07) is 0. The predicted octanol–water partition coefficient (Wildman–Crippen LogP) is 0.951. The smallest absolute Gasteiger partial charge is 0.263 e. The Kier molecular flexibility index (Phi) is 2.70. The number of nitrogens with one attached hydrogen (secondary N) is 2. The lowest BCUT2D eigenvalue weighted by Crippen LogP contribution is -2.32. The number of amides is 1. The van der Waals surface area contributed by atoms with E-state index in [2.05, 4.69) is 20.4 Å². The van der Waals surface area contributed by atoms with Crippen LogP contribution in [0, 0.1) is 5.41 Å². The van der Waals surface area contributed by atoms with Gasteiger partial charge in [-0.1, -0.05) is 19.1 Å². The number of aromatic amines is 1. The van der Waals surface area contributed by atoms with Gasteiger partial charge in [0.2, 0.25) is 11.9 Å². The van der Waals surface area contributed by atoms with Crippen molar-refractivity contribution < 1.29 is 4.79 Å². The van der Waals surface area contributed by atoms with Crippen molar-refractivity contribution in [2.45, 2.75) is 19.8 Å². The van der Waals surface area contributed by atoms with Crippen molar-refractivity contribution in [1.29, 1.82) is 0 Å². The number of anilines is 1. The van der Waals surface area contributed by atoms with Crippen LogP contribution in [0.15, 0.2) is 23.1 Å². The SMILES string of the molecule is Cn1ncc2c(=O)[nH]c(NC(=O)C3(C)CC=CC3)nc21. The van der Waals surface area contributed by atoms with Crippen LogP contribution >= 0.6 is 0 Å². The summed E-state index contributed by atoms with van der Waals surface area (Å²) < 4.78 is 1.50. The van der Waals surface area contributed by atoms with Crippen LogP contribution in [-0.4, -0.2) is 25.7 Å². The highest BCUT2D eigenvalue weighted by atomic mass is 16.2. The summed E-state index contributed by atoms with van der Waals surface area (Å²) in [5.41, 5.74) is -0.341. The largest absolute Gasteiger partial charge is 0.296 e. The van der Waals surface area contributed by atoms with Gasteiger partial charge in [-0.05, 0) is 12.8 Å². The normalized spacial score (nSPS) is 16.7. The van der Waals surface area contributed by atoms with Crippen molar-refractivity contribution in [2.24, 2.45) is 12.5 Å². The lowest BCUT2D eigenvalue weighted by Gasteiger charge is -2.21. The second kappa shape index (κ2) is 4.29. The Morgan fingerprint density at radius 2 is 2.15 bits per heavy atom. The molecule has 2 aromatic rings. The maximum absolute atomic E-state index is 12.3. The summed E-state index contributed by atoms with van der Waals surface area (Å²) in [6.45, 7) is 1.89. The number of aromatic nitrogens is 4. The zero-order chi connectivity index (χ0) is 14.3. The van der Waals surface area contributed by atoms with Crippen LogP contribution in [0.25, 0.3) is 11.0 Å². The zero-order valence-electron chi connectivity index (χ0n) is 11.3. The van der Waals surface area contributed by atoms with Gasteiger partial charge in [0.1, 0.15) is 5.39 Å². The Balaban J connectivity index is 1.93. The molecule has 0 unspecified atom stereocenters. The molecule has 2 heterocycles. The highest BCUT2D eigenvalue weighted by Crippen LogP contribution is 2.33. The number of aryl methyl sites for hydroxylation is 1. The maximum atomic E-state index is 12.3. The van der Waals surface area contributed by atoms with E-state index in [1.54, 1.807) is 7.05 Å². The number of carbonyl (C=O) groups excluding carboxylic acids is 1. The van der Waals surface area contributed by atoms with Gasteiger partial charge < -0.3 is 0 Å². The second-order valence-corrected chi connectivity index (χ2v) is 5.31. The van der Waals surface area contributed by atoms with Crippen LogP contribution in [0.2, 0.25) is 0 Å². The lowest BCUT2D eigenvalue weighted by atomic mass is 9.87. The molecule has 0 radical (unpaired) electrons. The van der Waals surface area contributed by atoms with Crippen LogP contribution in [-0.2, 0) is 11.8 Å². The van der Waals surface area contributed by atoms with Gasteiger partial charge in [-0.3, -0.25) is 24.6 Å². The molecule has 0 spiro atoms. The number of hydrogen-bond donors (Lipinski definition) is 2. The lowest BCUT2D eigenvalue weighted by molar-refractivity contribution is -0.124. The predicted molar refractivity (Wildman–Crippen MR) is 74.2 cm³/mol. The number of fused-ring (bicyclic) bond motifs is 1. The quantitative estimate of drug-likeness (QED) is 0.797. The van der Waals surface area contributed by atoms with E-state index in [0.29, 0.717) is 23.9 Å². The molecule has 1 aliphatic carbocycles. The fraction of sp³-hybridized carbons (Fsp3) is 0.385. The molecular weight excluding hydrogens is 258 g/mol. The molecule has 7 nitrogen and oxygen atoms in total. The van der Waals surface area contributed by atoms with E-state index < -0.39 is 5.41 Å². The molecule has 2 aromatic heterocycles. The third-order valence-electron chi connectivity index (χ3n) is 3.69. The molecule has 0 aromatic carbocycles. The Morgan fingerprint density at radius 1 is 1.45 bits per heavy atom. The molecule has 0 saturated heterocycles. The van der Waals surface area contributed by atoms with Gasteiger partial charge in [0.15, 0.2) is 5.65 Å². The van der Waals surface area contributed by atoms with Gasteiger partial charge in [0.05, 0.1) is 11.6 Å². The van der Waals surface area contributed by atoms with Gasteiger partial charge in [-0.15, -0.1) is 0 Å². The Morgan fingerprint density at radius 3 is 2.85 bits per heavy atom. The summed E-state index contributed by atoms with van der Waals surface area (Å²) in [5, 5.41) is 7.07. The van der Waals surface area contributed by atoms with E-state index in [4.69, 9.17) is 0 Å². The molecule has 0 aliphatic heterocycles. The Hall–Kier alpha value is -2.44. The van der Waals surface area contributed by atoms with Crippen molar-refractivity contribution in [2.75, 3.05) is 5.32 Å². The molecule has 7 heteroatoms. The summed E-state index contributed by atoms with van der Waals surface area (Å²) in [6.07, 6.45) is 6.81. The standard InChI is InChI=1S/C13H15N5O2/c1-13(5-3-4-6-13)11(20)17-12-15-9-8(10(19)16-12)7-14-18(9)2/h3-4,7H,5-6H2,1-2H3,(H2,15,16,17,19,20). The number of rotatable bonds is 2. The molecular formula is C13H15N5O2. The summed E-state index contributed by atoms with van der Waals surface area (Å²) in [4.78, 5) is 30.9. The Bertz CT molecular complexity index is 763. The number of carbonyl (C=O) groups is 1. The molecule has 3 rings (SSSR count). The number of nitrogens with zero attached hydrogens (tertiary/aromatic N) is 3. The van der Waals surface area contributed by atoms with E-state index >= 15 is 0 Å². The monoisotopic (exact) mass is 273 g/mol. The van der Waals surface area contributed by atoms with Crippen molar-refractivity contribution in [3.05, 3.63) is 28.7 Å². The molecule has 104 valence electrons. The van der Waals surface area contributed by atoms with Crippen LogP contribution in [0.5, 0.6) is 0 Å². The molecule has 0 saturated carbocycles. The van der Waals surface area contributed by atoms with Gasteiger partial charge in [0.25, 0.3) is 5.56 Å². The highest BCUT2D eigenvalue weighted by Gasteiger charge is 2.34. The van der Waals surface area contributed by atoms with Crippen molar-refractivity contribution in [3.63, 3.8) is 0 Å². The molecule has 1 aliphatic rings. The molecule has 1 amide bonds. The summed E-state index contributed by atoms with van der Waals surface area (Å²) in [7, 11) is 1.70. The molecule has 0 bridgehead atoms. The number of allylic oxidation sites excluding steroid dienone is 2. The van der Waals surface area contributed by atoms with E-state index in [0.717, 1.165) is 0 Å².